The summed E-state index contributed by atoms with van der Waals surface area (Å²) in [5, 5.41) is 0.884. The number of hydrogen-bond donors (Lipinski definition) is 2. The Hall–Kier alpha value is -1.35. The van der Waals surface area contributed by atoms with Gasteiger partial charge in [-0.15, -0.1) is 0 Å². The Morgan fingerprint density at radius 2 is 2.07 bits per heavy atom. The number of nitrogens with two attached hydrogens (primary N) is 1. The van der Waals surface area contributed by atoms with E-state index in [4.69, 9.17) is 5.73 Å². The Labute approximate surface area is 81.9 Å². The molecular weight excluding hydrogens is 179 g/mol. The van der Waals surface area contributed by atoms with Crippen LogP contribution in [-0.2, 0) is 0 Å². The van der Waals surface area contributed by atoms with Crippen molar-refractivity contribution in [3.05, 3.63) is 35.3 Å². The van der Waals surface area contributed by atoms with Crippen LogP contribution in [0.4, 0.5) is 4.39 Å². The molecule has 0 aliphatic carbocycles. The molecule has 0 saturated carbocycles. The molecule has 1 atom stereocenters. The standard InChI is InChI=1S/C11H13FN2/c1-6-3-9-4-8(7(2)13)5-10(12)11(9)14-6/h3-5,7,14H,13H2,1-2H3/t7-/m1/s1. The Kier molecular flexibility index (Phi) is 2.04. The maximum atomic E-state index is 13.5. The summed E-state index contributed by atoms with van der Waals surface area (Å²) < 4.78 is 13.5. The number of aryl methyl sites for hydroxylation is 1. The molecule has 0 aliphatic heterocycles. The van der Waals surface area contributed by atoms with Gasteiger partial charge < -0.3 is 10.7 Å². The summed E-state index contributed by atoms with van der Waals surface area (Å²) in [6.07, 6.45) is 0. The van der Waals surface area contributed by atoms with Crippen molar-refractivity contribution >= 4 is 10.9 Å². The van der Waals surface area contributed by atoms with Gasteiger partial charge in [-0.05, 0) is 37.6 Å². The zero-order valence-electron chi connectivity index (χ0n) is 8.26. The molecule has 0 aliphatic rings. The number of aromatic amines is 1. The summed E-state index contributed by atoms with van der Waals surface area (Å²) in [5.41, 5.74) is 8.05. The summed E-state index contributed by atoms with van der Waals surface area (Å²) >= 11 is 0. The Balaban J connectivity index is 2.71. The van der Waals surface area contributed by atoms with E-state index in [9.17, 15) is 4.39 Å². The fourth-order valence-corrected chi connectivity index (χ4v) is 1.62. The van der Waals surface area contributed by atoms with Crippen LogP contribution in [0, 0.1) is 12.7 Å². The van der Waals surface area contributed by atoms with E-state index in [1.807, 2.05) is 26.0 Å². The van der Waals surface area contributed by atoms with Gasteiger partial charge in [-0.1, -0.05) is 0 Å². The van der Waals surface area contributed by atoms with Gasteiger partial charge in [0.05, 0.1) is 5.52 Å². The lowest BCUT2D eigenvalue weighted by Gasteiger charge is -2.05. The third-order valence-electron chi connectivity index (χ3n) is 2.36. The molecule has 1 heterocycles. The van der Waals surface area contributed by atoms with E-state index in [-0.39, 0.29) is 11.9 Å². The zero-order valence-corrected chi connectivity index (χ0v) is 8.26. The smallest absolute Gasteiger partial charge is 0.147 e. The molecule has 2 nitrogen and oxygen atoms in total. The van der Waals surface area contributed by atoms with Crippen LogP contribution in [0.3, 0.4) is 0 Å². The van der Waals surface area contributed by atoms with Crippen molar-refractivity contribution in [1.82, 2.24) is 4.98 Å². The zero-order chi connectivity index (χ0) is 10.3. The molecule has 1 aromatic carbocycles. The highest BCUT2D eigenvalue weighted by Gasteiger charge is 2.08. The molecule has 2 aromatic rings. The van der Waals surface area contributed by atoms with Gasteiger partial charge in [0.25, 0.3) is 0 Å². The summed E-state index contributed by atoms with van der Waals surface area (Å²) in [7, 11) is 0. The molecule has 0 unspecified atom stereocenters. The number of benzene rings is 1. The first-order valence-corrected chi connectivity index (χ1v) is 4.62. The minimum Gasteiger partial charge on any atom is -0.356 e. The number of aromatic nitrogens is 1. The van der Waals surface area contributed by atoms with Gasteiger partial charge in [-0.3, -0.25) is 0 Å². The van der Waals surface area contributed by atoms with Crippen molar-refractivity contribution in [2.24, 2.45) is 5.73 Å². The van der Waals surface area contributed by atoms with Crippen LogP contribution in [0.2, 0.25) is 0 Å². The fourth-order valence-electron chi connectivity index (χ4n) is 1.62. The van der Waals surface area contributed by atoms with Gasteiger partial charge in [0, 0.05) is 17.1 Å². The second-order valence-corrected chi connectivity index (χ2v) is 3.71. The number of halogens is 1. The Morgan fingerprint density at radius 1 is 1.36 bits per heavy atom. The van der Waals surface area contributed by atoms with Crippen LogP contribution in [0.5, 0.6) is 0 Å². The first-order valence-electron chi connectivity index (χ1n) is 4.62. The molecule has 0 bridgehead atoms. The van der Waals surface area contributed by atoms with Crippen LogP contribution in [0.25, 0.3) is 10.9 Å². The number of H-pyrrole nitrogens is 1. The van der Waals surface area contributed by atoms with Crippen molar-refractivity contribution in [1.29, 1.82) is 0 Å². The number of fused-ring (bicyclic) bond motifs is 1. The summed E-state index contributed by atoms with van der Waals surface area (Å²) in [4.78, 5) is 2.98. The fraction of sp³-hybridized carbons (Fsp3) is 0.273. The normalized spacial score (nSPS) is 13.4. The third kappa shape index (κ3) is 1.40. The molecule has 74 valence electrons. The third-order valence-corrected chi connectivity index (χ3v) is 2.36. The molecule has 0 radical (unpaired) electrons. The number of nitrogens with one attached hydrogen (secondary N) is 1. The predicted octanol–water partition coefficient (Wildman–Crippen LogP) is 2.64. The second-order valence-electron chi connectivity index (χ2n) is 3.71. The molecule has 3 N–H and O–H groups in total. The molecule has 3 heteroatoms. The van der Waals surface area contributed by atoms with Gasteiger partial charge >= 0.3 is 0 Å². The van der Waals surface area contributed by atoms with E-state index < -0.39 is 0 Å². The van der Waals surface area contributed by atoms with Crippen molar-refractivity contribution in [3.8, 4) is 0 Å². The van der Waals surface area contributed by atoms with E-state index >= 15 is 0 Å². The first-order chi connectivity index (χ1) is 6.58. The molecule has 0 amide bonds. The predicted molar refractivity (Wildman–Crippen MR) is 55.6 cm³/mol. The maximum Gasteiger partial charge on any atom is 0.147 e. The lowest BCUT2D eigenvalue weighted by molar-refractivity contribution is 0.632. The first kappa shape index (κ1) is 9.21. The van der Waals surface area contributed by atoms with Crippen LogP contribution in [0.15, 0.2) is 18.2 Å². The van der Waals surface area contributed by atoms with Gasteiger partial charge in [-0.2, -0.15) is 0 Å². The average Bonchev–Trinajstić information content (AvgIpc) is 2.45. The molecular formula is C11H13FN2. The molecule has 1 aromatic heterocycles. The highest BCUT2D eigenvalue weighted by molar-refractivity contribution is 5.81. The monoisotopic (exact) mass is 192 g/mol. The van der Waals surface area contributed by atoms with Gasteiger partial charge in [-0.25, -0.2) is 4.39 Å². The summed E-state index contributed by atoms with van der Waals surface area (Å²) in [5.74, 6) is -0.233. The minimum atomic E-state index is -0.233. The SMILES string of the molecule is Cc1cc2cc([C@@H](C)N)cc(F)c2[nH]1. The van der Waals surface area contributed by atoms with Gasteiger partial charge in [0.1, 0.15) is 5.82 Å². The second kappa shape index (κ2) is 3.10. The highest BCUT2D eigenvalue weighted by Crippen LogP contribution is 2.23. The highest BCUT2D eigenvalue weighted by atomic mass is 19.1. The van der Waals surface area contributed by atoms with E-state index in [0.717, 1.165) is 16.6 Å². The maximum absolute atomic E-state index is 13.5. The number of rotatable bonds is 1. The lowest BCUT2D eigenvalue weighted by Crippen LogP contribution is -2.05. The van der Waals surface area contributed by atoms with E-state index in [1.54, 1.807) is 0 Å². The van der Waals surface area contributed by atoms with Crippen molar-refractivity contribution in [2.75, 3.05) is 0 Å². The quantitative estimate of drug-likeness (QED) is 0.716. The van der Waals surface area contributed by atoms with Crippen LogP contribution in [-0.4, -0.2) is 4.98 Å². The van der Waals surface area contributed by atoms with Crippen LogP contribution in [0.1, 0.15) is 24.2 Å². The molecule has 0 saturated heterocycles. The van der Waals surface area contributed by atoms with E-state index in [2.05, 4.69) is 4.98 Å². The Morgan fingerprint density at radius 3 is 2.71 bits per heavy atom. The van der Waals surface area contributed by atoms with Gasteiger partial charge in [0.2, 0.25) is 0 Å². The van der Waals surface area contributed by atoms with Crippen LogP contribution < -0.4 is 5.73 Å². The number of hydrogen-bond acceptors (Lipinski definition) is 1. The minimum absolute atomic E-state index is 0.135. The van der Waals surface area contributed by atoms with Crippen molar-refractivity contribution in [3.63, 3.8) is 0 Å². The lowest BCUT2D eigenvalue weighted by atomic mass is 10.1. The van der Waals surface area contributed by atoms with E-state index in [0.29, 0.717) is 5.52 Å². The molecule has 14 heavy (non-hydrogen) atoms. The summed E-state index contributed by atoms with van der Waals surface area (Å²) in [6, 6.07) is 5.20. The largest absolute Gasteiger partial charge is 0.356 e. The van der Waals surface area contributed by atoms with Crippen molar-refractivity contribution < 1.29 is 4.39 Å². The average molecular weight is 192 g/mol. The molecule has 0 fully saturated rings. The van der Waals surface area contributed by atoms with E-state index in [1.165, 1.54) is 6.07 Å². The van der Waals surface area contributed by atoms with Crippen molar-refractivity contribution in [2.45, 2.75) is 19.9 Å². The summed E-state index contributed by atoms with van der Waals surface area (Å²) in [6.45, 7) is 3.76. The van der Waals surface area contributed by atoms with Crippen LogP contribution >= 0.6 is 0 Å². The molecule has 2 rings (SSSR count). The Bertz CT molecular complexity index is 471. The van der Waals surface area contributed by atoms with Gasteiger partial charge in [0.15, 0.2) is 0 Å². The molecule has 0 spiro atoms. The topological polar surface area (TPSA) is 41.8 Å².